The molecule has 2 aliphatic rings. The van der Waals surface area contributed by atoms with Crippen LogP contribution in [0.3, 0.4) is 0 Å². The van der Waals surface area contributed by atoms with Gasteiger partial charge in [0.25, 0.3) is 0 Å². The minimum Gasteiger partial charge on any atom is -0.493 e. The fraction of sp³-hybridized carbons (Fsp3) is 0.591. The zero-order chi connectivity index (χ0) is 19.5. The Kier molecular flexibility index (Phi) is 5.87. The number of piperidine rings is 1. The zero-order valence-corrected chi connectivity index (χ0v) is 17.2. The molecule has 1 aromatic heterocycles. The second-order valence-electron chi connectivity index (χ2n) is 7.89. The number of pyridine rings is 1. The molecule has 2 aromatic rings. The van der Waals surface area contributed by atoms with Crippen LogP contribution in [0.2, 0.25) is 0 Å². The first-order valence-corrected chi connectivity index (χ1v) is 10.3. The summed E-state index contributed by atoms with van der Waals surface area (Å²) in [5, 5.41) is 1.11. The molecule has 0 aliphatic carbocycles. The predicted octanol–water partition coefficient (Wildman–Crippen LogP) is 3.11. The zero-order valence-electron chi connectivity index (χ0n) is 17.2. The number of hydrogen-bond donors (Lipinski definition) is 0. The molecule has 0 N–H and O–H groups in total. The Bertz CT molecular complexity index is 820. The van der Waals surface area contributed by atoms with Gasteiger partial charge in [-0.15, -0.1) is 0 Å². The van der Waals surface area contributed by atoms with Gasteiger partial charge in [-0.2, -0.15) is 0 Å². The van der Waals surface area contributed by atoms with Crippen LogP contribution in [0.25, 0.3) is 10.9 Å². The molecule has 0 spiro atoms. The van der Waals surface area contributed by atoms with Crippen molar-refractivity contribution in [2.24, 2.45) is 5.92 Å². The molecule has 1 aromatic carbocycles. The first-order valence-electron chi connectivity index (χ1n) is 10.3. The maximum Gasteiger partial charge on any atom is 0.162 e. The topological polar surface area (TPSA) is 47.1 Å². The van der Waals surface area contributed by atoms with Gasteiger partial charge in [-0.25, -0.2) is 4.98 Å². The standard InChI is InChI=1S/C22H31N3O3/c1-16-11-22(23-19-13-21(27-3)20(26-2)12-18(16)19)25-6-4-5-17(15-25)14-24-7-9-28-10-8-24/h11-13,17H,4-10,14-15H2,1-3H3. The summed E-state index contributed by atoms with van der Waals surface area (Å²) in [5.41, 5.74) is 2.18. The predicted molar refractivity (Wildman–Crippen MR) is 112 cm³/mol. The average Bonchev–Trinajstić information content (AvgIpc) is 2.73. The van der Waals surface area contributed by atoms with Crippen LogP contribution in [0.1, 0.15) is 18.4 Å². The van der Waals surface area contributed by atoms with Gasteiger partial charge in [0.15, 0.2) is 11.5 Å². The number of methoxy groups -OCH3 is 2. The number of hydrogen-bond acceptors (Lipinski definition) is 6. The highest BCUT2D eigenvalue weighted by molar-refractivity contribution is 5.87. The molecule has 2 fully saturated rings. The molecule has 0 radical (unpaired) electrons. The van der Waals surface area contributed by atoms with E-state index in [0.717, 1.165) is 74.2 Å². The van der Waals surface area contributed by atoms with Crippen LogP contribution in [-0.4, -0.2) is 70.0 Å². The molecular weight excluding hydrogens is 354 g/mol. The van der Waals surface area contributed by atoms with Crippen molar-refractivity contribution in [3.05, 3.63) is 23.8 Å². The average molecular weight is 386 g/mol. The normalized spacial score (nSPS) is 21.1. The van der Waals surface area contributed by atoms with Crippen molar-refractivity contribution < 1.29 is 14.2 Å². The Morgan fingerprint density at radius 2 is 1.82 bits per heavy atom. The van der Waals surface area contributed by atoms with Gasteiger partial charge in [0.1, 0.15) is 5.82 Å². The van der Waals surface area contributed by atoms with Gasteiger partial charge < -0.3 is 19.1 Å². The van der Waals surface area contributed by atoms with Crippen LogP contribution < -0.4 is 14.4 Å². The monoisotopic (exact) mass is 385 g/mol. The van der Waals surface area contributed by atoms with Crippen molar-refractivity contribution >= 4 is 16.7 Å². The fourth-order valence-corrected chi connectivity index (χ4v) is 4.44. The molecule has 4 rings (SSSR count). The second-order valence-corrected chi connectivity index (χ2v) is 7.89. The smallest absolute Gasteiger partial charge is 0.162 e. The fourth-order valence-electron chi connectivity index (χ4n) is 4.44. The highest BCUT2D eigenvalue weighted by Gasteiger charge is 2.24. The summed E-state index contributed by atoms with van der Waals surface area (Å²) >= 11 is 0. The third kappa shape index (κ3) is 4.03. The largest absolute Gasteiger partial charge is 0.493 e. The summed E-state index contributed by atoms with van der Waals surface area (Å²) in [6.45, 7) is 9.32. The Morgan fingerprint density at radius 1 is 1.07 bits per heavy atom. The van der Waals surface area contributed by atoms with Crippen molar-refractivity contribution in [3.63, 3.8) is 0 Å². The molecule has 2 saturated heterocycles. The number of morpholine rings is 1. The molecular formula is C22H31N3O3. The number of nitrogens with zero attached hydrogens (tertiary/aromatic N) is 3. The van der Waals surface area contributed by atoms with E-state index in [-0.39, 0.29) is 0 Å². The number of aromatic nitrogens is 1. The third-order valence-corrected chi connectivity index (χ3v) is 5.97. The molecule has 0 amide bonds. The highest BCUT2D eigenvalue weighted by Crippen LogP contribution is 2.34. The van der Waals surface area contributed by atoms with E-state index in [1.54, 1.807) is 14.2 Å². The van der Waals surface area contributed by atoms with E-state index in [1.165, 1.54) is 18.4 Å². The van der Waals surface area contributed by atoms with Gasteiger partial charge in [-0.3, -0.25) is 4.90 Å². The first kappa shape index (κ1) is 19.3. The van der Waals surface area contributed by atoms with Crippen LogP contribution in [0.4, 0.5) is 5.82 Å². The van der Waals surface area contributed by atoms with E-state index < -0.39 is 0 Å². The Morgan fingerprint density at radius 3 is 2.57 bits per heavy atom. The van der Waals surface area contributed by atoms with Crippen LogP contribution >= 0.6 is 0 Å². The van der Waals surface area contributed by atoms with Crippen molar-refractivity contribution in [1.29, 1.82) is 0 Å². The summed E-state index contributed by atoms with van der Waals surface area (Å²) in [7, 11) is 3.34. The lowest BCUT2D eigenvalue weighted by molar-refractivity contribution is 0.0296. The number of rotatable bonds is 5. The van der Waals surface area contributed by atoms with Gasteiger partial charge in [-0.1, -0.05) is 0 Å². The summed E-state index contributed by atoms with van der Waals surface area (Å²) in [5.74, 6) is 3.23. The van der Waals surface area contributed by atoms with Gasteiger partial charge in [0.05, 0.1) is 33.0 Å². The molecule has 2 aliphatic heterocycles. The molecule has 152 valence electrons. The minimum atomic E-state index is 0.690. The van der Waals surface area contributed by atoms with Crippen LogP contribution in [0.15, 0.2) is 18.2 Å². The number of benzene rings is 1. The van der Waals surface area contributed by atoms with E-state index in [0.29, 0.717) is 5.92 Å². The number of fused-ring (bicyclic) bond motifs is 1. The first-order chi connectivity index (χ1) is 13.7. The van der Waals surface area contributed by atoms with Crippen LogP contribution in [0, 0.1) is 12.8 Å². The quantitative estimate of drug-likeness (QED) is 0.788. The molecule has 0 bridgehead atoms. The third-order valence-electron chi connectivity index (χ3n) is 5.97. The Hall–Kier alpha value is -2.05. The Balaban J connectivity index is 1.55. The second kappa shape index (κ2) is 8.53. The maximum absolute atomic E-state index is 5.49. The Labute approximate surface area is 167 Å². The molecule has 1 unspecified atom stereocenters. The minimum absolute atomic E-state index is 0.690. The van der Waals surface area contributed by atoms with Gasteiger partial charge in [-0.05, 0) is 43.4 Å². The van der Waals surface area contributed by atoms with Crippen molar-refractivity contribution in [2.45, 2.75) is 19.8 Å². The highest BCUT2D eigenvalue weighted by atomic mass is 16.5. The molecule has 6 nitrogen and oxygen atoms in total. The van der Waals surface area contributed by atoms with E-state index in [1.807, 2.05) is 12.1 Å². The SMILES string of the molecule is COc1cc2nc(N3CCCC(CN4CCOCC4)C3)cc(C)c2cc1OC. The van der Waals surface area contributed by atoms with E-state index in [2.05, 4.69) is 22.8 Å². The molecule has 3 heterocycles. The molecule has 28 heavy (non-hydrogen) atoms. The summed E-state index contributed by atoms with van der Waals surface area (Å²) < 4.78 is 16.4. The van der Waals surface area contributed by atoms with Gasteiger partial charge >= 0.3 is 0 Å². The van der Waals surface area contributed by atoms with E-state index >= 15 is 0 Å². The number of ether oxygens (including phenoxy) is 3. The van der Waals surface area contributed by atoms with Gasteiger partial charge in [0, 0.05) is 44.2 Å². The maximum atomic E-state index is 5.49. The van der Waals surface area contributed by atoms with Gasteiger partial charge in [0.2, 0.25) is 0 Å². The van der Waals surface area contributed by atoms with Crippen molar-refractivity contribution in [1.82, 2.24) is 9.88 Å². The lowest BCUT2D eigenvalue weighted by atomic mass is 9.97. The molecule has 0 saturated carbocycles. The number of aryl methyl sites for hydroxylation is 1. The van der Waals surface area contributed by atoms with Crippen LogP contribution in [0.5, 0.6) is 11.5 Å². The number of anilines is 1. The van der Waals surface area contributed by atoms with Crippen molar-refractivity contribution in [3.8, 4) is 11.5 Å². The lowest BCUT2D eigenvalue weighted by Crippen LogP contribution is -2.44. The van der Waals surface area contributed by atoms with Crippen LogP contribution in [-0.2, 0) is 4.74 Å². The summed E-state index contributed by atoms with van der Waals surface area (Å²) in [6, 6.07) is 6.23. The van der Waals surface area contributed by atoms with Crippen molar-refractivity contribution in [2.75, 3.05) is 65.1 Å². The summed E-state index contributed by atoms with van der Waals surface area (Å²) in [6.07, 6.45) is 2.52. The molecule has 6 heteroatoms. The summed E-state index contributed by atoms with van der Waals surface area (Å²) in [4.78, 5) is 9.99. The van der Waals surface area contributed by atoms with E-state index in [9.17, 15) is 0 Å². The molecule has 1 atom stereocenters. The van der Waals surface area contributed by atoms with E-state index in [4.69, 9.17) is 19.2 Å². The lowest BCUT2D eigenvalue weighted by Gasteiger charge is -2.37.